The predicted molar refractivity (Wildman–Crippen MR) is 117 cm³/mol. The molecular formula is C20H34INO5. The van der Waals surface area contributed by atoms with Crippen molar-refractivity contribution in [3.8, 4) is 0 Å². The Morgan fingerprint density at radius 1 is 1.11 bits per heavy atom. The SMILES string of the molecule is C=C(/C=C(C=O)\C=C\COI)N(CCOCCOCCOC)CC(C)(C)C. The summed E-state index contributed by atoms with van der Waals surface area (Å²) in [5.74, 6) is 0. The molecule has 0 rings (SSSR count). The first-order valence-electron chi connectivity index (χ1n) is 8.99. The summed E-state index contributed by atoms with van der Waals surface area (Å²) in [6.07, 6.45) is 6.13. The van der Waals surface area contributed by atoms with Gasteiger partial charge < -0.3 is 22.2 Å². The number of halogens is 1. The number of methoxy groups -OCH3 is 1. The lowest BCUT2D eigenvalue weighted by Crippen LogP contribution is -2.34. The van der Waals surface area contributed by atoms with E-state index in [0.717, 1.165) is 18.5 Å². The van der Waals surface area contributed by atoms with Gasteiger partial charge in [0.05, 0.1) is 39.6 Å². The minimum absolute atomic E-state index is 0.0896. The van der Waals surface area contributed by atoms with Crippen molar-refractivity contribution < 1.29 is 22.1 Å². The van der Waals surface area contributed by atoms with E-state index in [1.54, 1.807) is 25.3 Å². The molecule has 0 aromatic rings. The Morgan fingerprint density at radius 3 is 2.30 bits per heavy atom. The lowest BCUT2D eigenvalue weighted by Gasteiger charge is -2.32. The standard InChI is InChI=1S/C20H34INO5/c1-18(15-19(16-23)7-6-9-27-21)22(17-20(2,3)4)8-10-25-13-14-26-12-11-24-5/h6-7,15-16H,1,8-14,17H2,2-5H3/b7-6+,19-15+. The highest BCUT2D eigenvalue weighted by atomic mass is 127. The van der Waals surface area contributed by atoms with E-state index in [1.807, 2.05) is 23.0 Å². The van der Waals surface area contributed by atoms with Crippen LogP contribution in [0.4, 0.5) is 0 Å². The molecular weight excluding hydrogens is 461 g/mol. The lowest BCUT2D eigenvalue weighted by atomic mass is 9.95. The molecule has 0 aliphatic carbocycles. The molecule has 0 aromatic carbocycles. The summed E-state index contributed by atoms with van der Waals surface area (Å²) >= 11 is 1.81. The average molecular weight is 495 g/mol. The second-order valence-corrected chi connectivity index (χ2v) is 7.75. The Labute approximate surface area is 178 Å². The van der Waals surface area contributed by atoms with E-state index >= 15 is 0 Å². The molecule has 0 fully saturated rings. The molecule has 0 spiro atoms. The van der Waals surface area contributed by atoms with Crippen LogP contribution in [0.1, 0.15) is 20.8 Å². The van der Waals surface area contributed by atoms with Gasteiger partial charge in [0.25, 0.3) is 0 Å². The van der Waals surface area contributed by atoms with Gasteiger partial charge in [-0.2, -0.15) is 0 Å². The Hall–Kier alpha value is -0.740. The van der Waals surface area contributed by atoms with Crippen LogP contribution >= 0.6 is 23.0 Å². The number of hydrogen-bond donors (Lipinski definition) is 0. The molecule has 0 atom stereocenters. The zero-order chi connectivity index (χ0) is 20.5. The summed E-state index contributed by atoms with van der Waals surface area (Å²) < 4.78 is 20.9. The van der Waals surface area contributed by atoms with Crippen LogP contribution in [0.3, 0.4) is 0 Å². The second kappa shape index (κ2) is 16.2. The molecule has 156 valence electrons. The third-order valence-corrected chi connectivity index (χ3v) is 3.68. The molecule has 0 bridgehead atoms. The van der Waals surface area contributed by atoms with Crippen molar-refractivity contribution in [3.05, 3.63) is 36.1 Å². The molecule has 0 N–H and O–H groups in total. The molecule has 0 aliphatic rings. The number of hydrogen-bond acceptors (Lipinski definition) is 6. The van der Waals surface area contributed by atoms with Gasteiger partial charge in [-0.3, -0.25) is 4.79 Å². The van der Waals surface area contributed by atoms with Crippen molar-refractivity contribution in [1.29, 1.82) is 0 Å². The zero-order valence-electron chi connectivity index (χ0n) is 17.0. The highest BCUT2D eigenvalue weighted by Crippen LogP contribution is 2.19. The number of nitrogens with zero attached hydrogens (tertiary/aromatic N) is 1. The Bertz CT molecular complexity index is 471. The fourth-order valence-electron chi connectivity index (χ4n) is 2.16. The van der Waals surface area contributed by atoms with Crippen LogP contribution < -0.4 is 0 Å². The van der Waals surface area contributed by atoms with E-state index in [0.29, 0.717) is 51.8 Å². The average Bonchev–Trinajstić information content (AvgIpc) is 2.61. The summed E-state index contributed by atoms with van der Waals surface area (Å²) in [6.45, 7) is 15.4. The molecule has 6 nitrogen and oxygen atoms in total. The molecule has 0 aliphatic heterocycles. The minimum Gasteiger partial charge on any atom is -0.382 e. The smallest absolute Gasteiger partial charge is 0.150 e. The van der Waals surface area contributed by atoms with Crippen LogP contribution in [0.2, 0.25) is 0 Å². The third kappa shape index (κ3) is 16.0. The zero-order valence-corrected chi connectivity index (χ0v) is 19.2. The molecule has 0 radical (unpaired) electrons. The maximum absolute atomic E-state index is 11.3. The number of allylic oxidation sites excluding steroid dienone is 3. The number of carbonyl (C=O) groups excluding carboxylic acids is 1. The lowest BCUT2D eigenvalue weighted by molar-refractivity contribution is -0.104. The maximum atomic E-state index is 11.3. The Morgan fingerprint density at radius 2 is 1.74 bits per heavy atom. The summed E-state index contributed by atoms with van der Waals surface area (Å²) in [7, 11) is 1.65. The summed E-state index contributed by atoms with van der Waals surface area (Å²) in [5, 5.41) is 0. The van der Waals surface area contributed by atoms with Gasteiger partial charge >= 0.3 is 0 Å². The fraction of sp³-hybridized carbons (Fsp3) is 0.650. The van der Waals surface area contributed by atoms with Crippen LogP contribution in [0.15, 0.2) is 36.1 Å². The largest absolute Gasteiger partial charge is 0.382 e. The fourth-order valence-corrected chi connectivity index (χ4v) is 2.37. The van der Waals surface area contributed by atoms with Crippen LogP contribution in [-0.4, -0.2) is 71.0 Å². The first kappa shape index (κ1) is 26.3. The van der Waals surface area contributed by atoms with Crippen molar-refractivity contribution >= 4 is 29.3 Å². The van der Waals surface area contributed by atoms with Crippen LogP contribution in [-0.2, 0) is 22.1 Å². The minimum atomic E-state index is 0.0896. The quantitative estimate of drug-likeness (QED) is 0.107. The molecule has 0 unspecified atom stereocenters. The normalized spacial score (nSPS) is 12.6. The molecule has 27 heavy (non-hydrogen) atoms. The van der Waals surface area contributed by atoms with Gasteiger partial charge in [-0.05, 0) is 11.5 Å². The first-order valence-corrected chi connectivity index (χ1v) is 9.87. The molecule has 0 saturated carbocycles. The van der Waals surface area contributed by atoms with Gasteiger partial charge in [0.15, 0.2) is 0 Å². The van der Waals surface area contributed by atoms with Gasteiger partial charge in [-0.25, -0.2) is 0 Å². The van der Waals surface area contributed by atoms with Gasteiger partial charge in [0, 0.05) is 31.5 Å². The van der Waals surface area contributed by atoms with Crippen molar-refractivity contribution in [2.45, 2.75) is 20.8 Å². The Kier molecular flexibility index (Phi) is 15.8. The number of aldehydes is 1. The van der Waals surface area contributed by atoms with E-state index in [2.05, 4.69) is 32.3 Å². The van der Waals surface area contributed by atoms with Gasteiger partial charge in [0.1, 0.15) is 29.3 Å². The topological polar surface area (TPSA) is 57.2 Å². The van der Waals surface area contributed by atoms with Gasteiger partial charge in [0.2, 0.25) is 0 Å². The Balaban J connectivity index is 4.61. The summed E-state index contributed by atoms with van der Waals surface area (Å²) in [6, 6.07) is 0. The first-order chi connectivity index (χ1) is 12.8. The van der Waals surface area contributed by atoms with Crippen molar-refractivity contribution in [3.63, 3.8) is 0 Å². The monoisotopic (exact) mass is 495 g/mol. The number of ether oxygens (including phenoxy) is 3. The summed E-state index contributed by atoms with van der Waals surface area (Å²) in [5.41, 5.74) is 1.43. The molecule has 7 heteroatoms. The predicted octanol–water partition coefficient (Wildman–Crippen LogP) is 3.58. The number of carbonyl (C=O) groups is 1. The van der Waals surface area contributed by atoms with Crippen LogP contribution in [0.5, 0.6) is 0 Å². The summed E-state index contributed by atoms with van der Waals surface area (Å²) in [4.78, 5) is 13.4. The highest BCUT2D eigenvalue weighted by molar-refractivity contribution is 14.1. The molecule has 0 heterocycles. The van der Waals surface area contributed by atoms with Crippen molar-refractivity contribution in [1.82, 2.24) is 4.90 Å². The van der Waals surface area contributed by atoms with E-state index in [9.17, 15) is 4.79 Å². The highest BCUT2D eigenvalue weighted by Gasteiger charge is 2.17. The van der Waals surface area contributed by atoms with Crippen LogP contribution in [0.25, 0.3) is 0 Å². The van der Waals surface area contributed by atoms with Crippen LogP contribution in [0, 0.1) is 5.41 Å². The molecule has 0 amide bonds. The van der Waals surface area contributed by atoms with E-state index < -0.39 is 0 Å². The van der Waals surface area contributed by atoms with Crippen molar-refractivity contribution in [2.75, 3.05) is 59.8 Å². The van der Waals surface area contributed by atoms with Crippen molar-refractivity contribution in [2.24, 2.45) is 5.41 Å². The third-order valence-electron chi connectivity index (χ3n) is 3.32. The van der Waals surface area contributed by atoms with E-state index in [1.165, 1.54) is 0 Å². The number of rotatable bonds is 16. The molecule has 0 saturated heterocycles. The molecule has 0 aromatic heterocycles. The second-order valence-electron chi connectivity index (χ2n) is 7.13. The van der Waals surface area contributed by atoms with Gasteiger partial charge in [-0.15, -0.1) is 0 Å². The maximum Gasteiger partial charge on any atom is 0.150 e. The van der Waals surface area contributed by atoms with Gasteiger partial charge in [-0.1, -0.05) is 39.5 Å². The van der Waals surface area contributed by atoms with E-state index in [4.69, 9.17) is 17.3 Å². The van der Waals surface area contributed by atoms with E-state index in [-0.39, 0.29) is 5.41 Å².